The van der Waals surface area contributed by atoms with E-state index in [1.807, 2.05) is 4.90 Å². The summed E-state index contributed by atoms with van der Waals surface area (Å²) >= 11 is 0. The van der Waals surface area contributed by atoms with Crippen molar-refractivity contribution in [2.24, 2.45) is 33.6 Å². The Labute approximate surface area is 229 Å². The van der Waals surface area contributed by atoms with Crippen molar-refractivity contribution in [2.45, 2.75) is 143 Å². The standard InChI is InChI=1S/C32H58N2O2Si/c1-11-34(12-2)29(35)32(36-37(22(3)4,23(5)6)24(7)8)19-18-31(10)27-15-17-30(9)16-13-14-26(30)25(27)21-33-28(31)20-32/h22-27H,11-21H2,1-10H3/t25-,26-,27-,30-,31+,32-/m0/s1. The summed E-state index contributed by atoms with van der Waals surface area (Å²) in [7, 11) is -2.27. The van der Waals surface area contributed by atoms with E-state index in [-0.39, 0.29) is 11.3 Å². The molecule has 0 bridgehead atoms. The average Bonchev–Trinajstić information content (AvgIpc) is 3.24. The molecule has 1 aliphatic heterocycles. The molecule has 4 aliphatic rings. The average molecular weight is 531 g/mol. The lowest BCUT2D eigenvalue weighted by atomic mass is 9.49. The predicted molar refractivity (Wildman–Crippen MR) is 159 cm³/mol. The Kier molecular flexibility index (Phi) is 8.22. The number of rotatable bonds is 8. The van der Waals surface area contributed by atoms with Gasteiger partial charge in [-0.1, -0.05) is 61.8 Å². The third-order valence-corrected chi connectivity index (χ3v) is 18.4. The molecule has 6 atom stereocenters. The molecule has 0 aromatic heterocycles. The molecule has 0 aromatic rings. The monoisotopic (exact) mass is 530 g/mol. The maximum Gasteiger partial charge on any atom is 0.254 e. The summed E-state index contributed by atoms with van der Waals surface area (Å²) in [6.45, 7) is 25.9. The molecule has 0 N–H and O–H groups in total. The smallest absolute Gasteiger partial charge is 0.254 e. The minimum absolute atomic E-state index is 0.126. The summed E-state index contributed by atoms with van der Waals surface area (Å²) < 4.78 is 7.58. The van der Waals surface area contributed by atoms with E-state index in [1.165, 1.54) is 37.8 Å². The second kappa shape index (κ2) is 10.4. The van der Waals surface area contributed by atoms with Crippen LogP contribution in [0.25, 0.3) is 0 Å². The molecule has 1 amide bonds. The molecule has 0 saturated heterocycles. The van der Waals surface area contributed by atoms with E-state index in [0.29, 0.717) is 28.5 Å². The zero-order chi connectivity index (χ0) is 27.4. The number of amides is 1. The third kappa shape index (κ3) is 4.50. The lowest BCUT2D eigenvalue weighted by Crippen LogP contribution is -2.65. The van der Waals surface area contributed by atoms with Gasteiger partial charge in [0.1, 0.15) is 5.60 Å². The molecule has 3 aliphatic carbocycles. The molecule has 0 unspecified atom stereocenters. The third-order valence-electron chi connectivity index (χ3n) is 12.2. The first-order valence-corrected chi connectivity index (χ1v) is 18.0. The van der Waals surface area contributed by atoms with Crippen LogP contribution in [0.5, 0.6) is 0 Å². The lowest BCUT2D eigenvalue weighted by molar-refractivity contribution is -0.152. The summed E-state index contributed by atoms with van der Waals surface area (Å²) in [6.07, 6.45) is 9.54. The zero-order valence-corrected chi connectivity index (χ0v) is 27.0. The maximum absolute atomic E-state index is 14.4. The van der Waals surface area contributed by atoms with Gasteiger partial charge >= 0.3 is 0 Å². The highest BCUT2D eigenvalue weighted by Crippen LogP contribution is 2.63. The molecular formula is C32H58N2O2Si. The summed E-state index contributed by atoms with van der Waals surface area (Å²) in [6, 6.07) is 0. The van der Waals surface area contributed by atoms with E-state index in [0.717, 1.165) is 50.2 Å². The minimum atomic E-state index is -2.27. The second-order valence-electron chi connectivity index (χ2n) is 14.7. The van der Waals surface area contributed by atoms with E-state index < -0.39 is 13.9 Å². The van der Waals surface area contributed by atoms with Crippen molar-refractivity contribution < 1.29 is 9.22 Å². The highest BCUT2D eigenvalue weighted by molar-refractivity contribution is 6.77. The van der Waals surface area contributed by atoms with Crippen molar-refractivity contribution in [3.05, 3.63) is 0 Å². The Morgan fingerprint density at radius 3 is 2.14 bits per heavy atom. The van der Waals surface area contributed by atoms with Crippen molar-refractivity contribution in [1.29, 1.82) is 0 Å². The first-order valence-electron chi connectivity index (χ1n) is 15.8. The van der Waals surface area contributed by atoms with Crippen LogP contribution >= 0.6 is 0 Å². The highest BCUT2D eigenvalue weighted by Gasteiger charge is 2.62. The van der Waals surface area contributed by atoms with Crippen molar-refractivity contribution in [3.63, 3.8) is 0 Å². The Bertz CT molecular complexity index is 858. The number of aliphatic imine (C=N–C) groups is 1. The molecule has 3 fully saturated rings. The minimum Gasteiger partial charge on any atom is -0.401 e. The van der Waals surface area contributed by atoms with Crippen LogP contribution in [0, 0.1) is 28.6 Å². The van der Waals surface area contributed by atoms with E-state index in [1.54, 1.807) is 0 Å². The largest absolute Gasteiger partial charge is 0.401 e. The topological polar surface area (TPSA) is 41.9 Å². The molecule has 0 aromatic carbocycles. The molecule has 0 radical (unpaired) electrons. The number of fused-ring (bicyclic) bond motifs is 5. The van der Waals surface area contributed by atoms with Crippen LogP contribution in [-0.2, 0) is 9.22 Å². The Balaban J connectivity index is 1.74. The van der Waals surface area contributed by atoms with Crippen molar-refractivity contribution in [2.75, 3.05) is 19.6 Å². The molecule has 4 nitrogen and oxygen atoms in total. The number of hydrogen-bond acceptors (Lipinski definition) is 3. The number of hydrogen-bond donors (Lipinski definition) is 0. The summed E-state index contributed by atoms with van der Waals surface area (Å²) in [5, 5.41) is 0. The molecule has 4 rings (SSSR count). The van der Waals surface area contributed by atoms with Crippen LogP contribution in [0.3, 0.4) is 0 Å². The molecule has 1 heterocycles. The number of carbonyl (C=O) groups excluding carboxylic acids is 1. The quantitative estimate of drug-likeness (QED) is 0.296. The van der Waals surface area contributed by atoms with E-state index in [9.17, 15) is 4.79 Å². The van der Waals surface area contributed by atoms with Crippen molar-refractivity contribution in [1.82, 2.24) is 4.90 Å². The van der Waals surface area contributed by atoms with Gasteiger partial charge in [-0.15, -0.1) is 0 Å². The molecule has 37 heavy (non-hydrogen) atoms. The van der Waals surface area contributed by atoms with Gasteiger partial charge < -0.3 is 9.33 Å². The molecule has 212 valence electrons. The number of likely N-dealkylation sites (N-methyl/N-ethyl adjacent to an activating group) is 1. The molecule has 5 heteroatoms. The van der Waals surface area contributed by atoms with Crippen LogP contribution in [-0.4, -0.2) is 50.1 Å². The fourth-order valence-corrected chi connectivity index (χ4v) is 15.8. The van der Waals surface area contributed by atoms with Gasteiger partial charge in [-0.3, -0.25) is 9.79 Å². The first kappa shape index (κ1) is 29.3. The van der Waals surface area contributed by atoms with E-state index in [4.69, 9.17) is 9.42 Å². The van der Waals surface area contributed by atoms with Gasteiger partial charge in [0, 0.05) is 37.2 Å². The Morgan fingerprint density at radius 2 is 1.57 bits per heavy atom. The SMILES string of the molecule is CCN(CC)C(=O)[C@]1(O[Si](C(C)C)(C(C)C)C(C)C)CC[C@@]2(C)C(=NC[C@H]3[C@@H]4CCC[C@@]4(C)CC[C@@H]32)C1. The summed E-state index contributed by atoms with van der Waals surface area (Å²) in [5.41, 5.74) is 2.61. The van der Waals surface area contributed by atoms with Crippen LogP contribution in [0.15, 0.2) is 4.99 Å². The van der Waals surface area contributed by atoms with E-state index >= 15 is 0 Å². The Morgan fingerprint density at radius 1 is 0.946 bits per heavy atom. The van der Waals surface area contributed by atoms with Gasteiger partial charge in [0.2, 0.25) is 8.32 Å². The van der Waals surface area contributed by atoms with Crippen molar-refractivity contribution in [3.8, 4) is 0 Å². The summed E-state index contributed by atoms with van der Waals surface area (Å²) in [4.78, 5) is 21.9. The van der Waals surface area contributed by atoms with Gasteiger partial charge in [-0.05, 0) is 92.2 Å². The predicted octanol–water partition coefficient (Wildman–Crippen LogP) is 8.26. The molecule has 0 spiro atoms. The van der Waals surface area contributed by atoms with Gasteiger partial charge in [0.25, 0.3) is 5.91 Å². The van der Waals surface area contributed by atoms with Gasteiger partial charge in [-0.25, -0.2) is 0 Å². The number of carbonyl (C=O) groups is 1. The Hall–Kier alpha value is -0.683. The second-order valence-corrected chi connectivity index (χ2v) is 20.1. The van der Waals surface area contributed by atoms with Crippen LogP contribution in [0.2, 0.25) is 16.6 Å². The van der Waals surface area contributed by atoms with Gasteiger partial charge in [-0.2, -0.15) is 0 Å². The van der Waals surface area contributed by atoms with Crippen molar-refractivity contribution >= 4 is 19.9 Å². The fraction of sp³-hybridized carbons (Fsp3) is 0.938. The normalized spacial score (nSPS) is 37.9. The molecular weight excluding hydrogens is 472 g/mol. The number of nitrogens with zero attached hydrogens (tertiary/aromatic N) is 2. The van der Waals surface area contributed by atoms with Crippen LogP contribution in [0.4, 0.5) is 0 Å². The zero-order valence-electron chi connectivity index (χ0n) is 26.0. The van der Waals surface area contributed by atoms with Crippen LogP contribution in [0.1, 0.15) is 121 Å². The maximum atomic E-state index is 14.4. The summed E-state index contributed by atoms with van der Waals surface area (Å²) in [5.74, 6) is 2.53. The fourth-order valence-electron chi connectivity index (χ4n) is 10.1. The van der Waals surface area contributed by atoms with Gasteiger partial charge in [0.05, 0.1) is 0 Å². The first-order chi connectivity index (χ1) is 17.3. The van der Waals surface area contributed by atoms with Crippen LogP contribution < -0.4 is 0 Å². The molecule has 3 saturated carbocycles. The highest BCUT2D eigenvalue weighted by atomic mass is 28.4. The van der Waals surface area contributed by atoms with Gasteiger partial charge in [0.15, 0.2) is 0 Å². The van der Waals surface area contributed by atoms with E-state index in [2.05, 4.69) is 69.2 Å². The lowest BCUT2D eigenvalue weighted by Gasteiger charge is -2.59.